The zero-order chi connectivity index (χ0) is 8.53. The Balaban J connectivity index is 0.000000187. The van der Waals surface area contributed by atoms with Crippen LogP contribution in [0, 0.1) is 0 Å². The fraction of sp³-hybridized carbons (Fsp3) is 0.286. The van der Waals surface area contributed by atoms with Gasteiger partial charge in [0, 0.05) is 16.9 Å². The number of rotatable bonds is 2. The van der Waals surface area contributed by atoms with Gasteiger partial charge in [-0.15, -0.1) is 0 Å². The summed E-state index contributed by atoms with van der Waals surface area (Å²) in [5, 5.41) is 0. The van der Waals surface area contributed by atoms with Crippen LogP contribution in [-0.2, 0) is 9.53 Å². The number of hydrogen-bond donors (Lipinski definition) is 1. The van der Waals surface area contributed by atoms with Crippen LogP contribution in [0.1, 0.15) is 6.92 Å². The van der Waals surface area contributed by atoms with Gasteiger partial charge in [-0.05, 0) is 28.9 Å². The van der Waals surface area contributed by atoms with Crippen molar-refractivity contribution in [2.24, 2.45) is 0 Å². The lowest BCUT2D eigenvalue weighted by atomic mass is 10.7. The van der Waals surface area contributed by atoms with Gasteiger partial charge in [-0.25, -0.2) is 0 Å². The largest absolute Gasteiger partial charge is 0.468 e. The Morgan fingerprint density at radius 1 is 1.82 bits per heavy atom. The van der Waals surface area contributed by atoms with Crippen LogP contribution < -0.4 is 0 Å². The molecule has 1 rings (SSSR count). The molecule has 11 heavy (non-hydrogen) atoms. The molecule has 0 aliphatic heterocycles. The molecule has 0 bridgehead atoms. The summed E-state index contributed by atoms with van der Waals surface area (Å²) >= 11 is 3.25. The Morgan fingerprint density at radius 2 is 2.55 bits per heavy atom. The molecule has 0 atom stereocenters. The summed E-state index contributed by atoms with van der Waals surface area (Å²) in [5.41, 5.74) is 0. The normalized spacial score (nSPS) is 7.82. The zero-order valence-electron chi connectivity index (χ0n) is 6.21. The van der Waals surface area contributed by atoms with Crippen LogP contribution >= 0.6 is 15.9 Å². The minimum absolute atomic E-state index is 0.431. The second-order valence-electron chi connectivity index (χ2n) is 1.58. The molecule has 1 aromatic heterocycles. The minimum Gasteiger partial charge on any atom is -0.468 e. The van der Waals surface area contributed by atoms with Gasteiger partial charge < -0.3 is 9.72 Å². The molecular formula is C7H10BrNO2. The Morgan fingerprint density at radius 3 is 2.64 bits per heavy atom. The van der Waals surface area contributed by atoms with E-state index in [1.165, 1.54) is 0 Å². The van der Waals surface area contributed by atoms with Crippen molar-refractivity contribution < 1.29 is 9.53 Å². The molecule has 0 unspecified atom stereocenters. The number of carbonyl (C=O) groups is 1. The third-order valence-corrected chi connectivity index (χ3v) is 1.29. The third kappa shape index (κ3) is 7.12. The van der Waals surface area contributed by atoms with E-state index in [9.17, 15) is 4.79 Å². The smallest absolute Gasteiger partial charge is 0.293 e. The van der Waals surface area contributed by atoms with Crippen molar-refractivity contribution in [3.8, 4) is 0 Å². The highest BCUT2D eigenvalue weighted by atomic mass is 79.9. The van der Waals surface area contributed by atoms with Crippen molar-refractivity contribution >= 4 is 22.4 Å². The van der Waals surface area contributed by atoms with Gasteiger partial charge >= 0.3 is 0 Å². The van der Waals surface area contributed by atoms with Crippen molar-refractivity contribution in [3.63, 3.8) is 0 Å². The fourth-order valence-electron chi connectivity index (χ4n) is 0.372. The summed E-state index contributed by atoms with van der Waals surface area (Å²) in [6, 6.07) is 1.94. The van der Waals surface area contributed by atoms with Crippen LogP contribution in [0.3, 0.4) is 0 Å². The van der Waals surface area contributed by atoms with Crippen molar-refractivity contribution in [2.75, 3.05) is 6.61 Å². The van der Waals surface area contributed by atoms with Crippen LogP contribution in [0.15, 0.2) is 22.9 Å². The fourth-order valence-corrected chi connectivity index (χ4v) is 0.636. The topological polar surface area (TPSA) is 42.1 Å². The first-order valence-electron chi connectivity index (χ1n) is 3.14. The van der Waals surface area contributed by atoms with E-state index in [1.54, 1.807) is 6.92 Å². The number of nitrogens with one attached hydrogen (secondary N) is 1. The first kappa shape index (κ1) is 10.2. The maximum atomic E-state index is 9.18. The van der Waals surface area contributed by atoms with Crippen molar-refractivity contribution in [2.45, 2.75) is 6.92 Å². The highest BCUT2D eigenvalue weighted by molar-refractivity contribution is 9.10. The minimum atomic E-state index is 0.431. The molecule has 0 saturated carbocycles. The van der Waals surface area contributed by atoms with Crippen LogP contribution in [-0.4, -0.2) is 18.1 Å². The maximum absolute atomic E-state index is 9.18. The van der Waals surface area contributed by atoms with Crippen LogP contribution in [0.4, 0.5) is 0 Å². The predicted octanol–water partition coefficient (Wildman–Crippen LogP) is 1.96. The number of hydrogen-bond acceptors (Lipinski definition) is 2. The average Bonchev–Trinajstić information content (AvgIpc) is 2.43. The molecule has 1 aromatic rings. The van der Waals surface area contributed by atoms with Gasteiger partial charge in [0.05, 0.1) is 6.61 Å². The standard InChI is InChI=1S/C4H4BrN.C3H6O2/c5-4-1-2-6-3-4;1-2-5-3-4/h1-3,6H;3H,2H2,1H3. The summed E-state index contributed by atoms with van der Waals surface area (Å²) in [4.78, 5) is 12.1. The Kier molecular flexibility index (Phi) is 6.82. The predicted molar refractivity (Wildman–Crippen MR) is 46.2 cm³/mol. The lowest BCUT2D eigenvalue weighted by molar-refractivity contribution is -0.128. The van der Waals surface area contributed by atoms with Crippen LogP contribution in [0.2, 0.25) is 0 Å². The average molecular weight is 220 g/mol. The zero-order valence-corrected chi connectivity index (χ0v) is 7.80. The highest BCUT2D eigenvalue weighted by Crippen LogP contribution is 2.03. The molecule has 0 fully saturated rings. The third-order valence-electron chi connectivity index (χ3n) is 0.795. The molecule has 0 aromatic carbocycles. The van der Waals surface area contributed by atoms with E-state index >= 15 is 0 Å². The maximum Gasteiger partial charge on any atom is 0.293 e. The molecule has 0 aliphatic rings. The van der Waals surface area contributed by atoms with Crippen molar-refractivity contribution in [3.05, 3.63) is 22.9 Å². The molecule has 62 valence electrons. The van der Waals surface area contributed by atoms with E-state index < -0.39 is 0 Å². The Labute approximate surface area is 73.9 Å². The van der Waals surface area contributed by atoms with E-state index in [0.29, 0.717) is 13.1 Å². The monoisotopic (exact) mass is 219 g/mol. The summed E-state index contributed by atoms with van der Waals surface area (Å²) < 4.78 is 5.25. The van der Waals surface area contributed by atoms with E-state index in [0.717, 1.165) is 4.47 Å². The molecule has 0 radical (unpaired) electrons. The molecule has 0 spiro atoms. The lowest BCUT2D eigenvalue weighted by Crippen LogP contribution is -1.80. The van der Waals surface area contributed by atoms with E-state index in [2.05, 4.69) is 25.7 Å². The molecule has 0 saturated heterocycles. The summed E-state index contributed by atoms with van der Waals surface area (Å²) in [6.45, 7) is 2.66. The molecule has 4 heteroatoms. The van der Waals surface area contributed by atoms with Gasteiger partial charge in [-0.3, -0.25) is 4.79 Å². The second-order valence-corrected chi connectivity index (χ2v) is 2.50. The summed E-state index contributed by atoms with van der Waals surface area (Å²) in [6.07, 6.45) is 3.74. The SMILES string of the molecule is Brc1cc[nH]c1.CCOC=O. The van der Waals surface area contributed by atoms with Crippen LogP contribution in [0.5, 0.6) is 0 Å². The summed E-state index contributed by atoms with van der Waals surface area (Å²) in [5.74, 6) is 0. The number of halogens is 1. The van der Waals surface area contributed by atoms with Gasteiger partial charge in [0.2, 0.25) is 0 Å². The molecule has 0 aliphatic carbocycles. The second kappa shape index (κ2) is 7.34. The molecular weight excluding hydrogens is 210 g/mol. The first-order chi connectivity index (χ1) is 5.31. The number of aromatic nitrogens is 1. The highest BCUT2D eigenvalue weighted by Gasteiger charge is 1.75. The van der Waals surface area contributed by atoms with E-state index in [-0.39, 0.29) is 0 Å². The first-order valence-corrected chi connectivity index (χ1v) is 3.94. The molecule has 0 amide bonds. The summed E-state index contributed by atoms with van der Waals surface area (Å²) in [7, 11) is 0. The van der Waals surface area contributed by atoms with Crippen molar-refractivity contribution in [1.82, 2.24) is 4.98 Å². The van der Waals surface area contributed by atoms with E-state index in [4.69, 9.17) is 0 Å². The van der Waals surface area contributed by atoms with E-state index in [1.807, 2.05) is 18.5 Å². The Hall–Kier alpha value is -0.770. The van der Waals surface area contributed by atoms with Gasteiger partial charge in [-0.1, -0.05) is 0 Å². The number of H-pyrrole nitrogens is 1. The van der Waals surface area contributed by atoms with Gasteiger partial charge in [-0.2, -0.15) is 0 Å². The van der Waals surface area contributed by atoms with Crippen LogP contribution in [0.25, 0.3) is 0 Å². The number of carbonyl (C=O) groups excluding carboxylic acids is 1. The van der Waals surface area contributed by atoms with Gasteiger partial charge in [0.25, 0.3) is 6.47 Å². The Bertz CT molecular complexity index is 175. The molecule has 1 N–H and O–H groups in total. The number of aromatic amines is 1. The van der Waals surface area contributed by atoms with Gasteiger partial charge in [0.15, 0.2) is 0 Å². The van der Waals surface area contributed by atoms with Crippen molar-refractivity contribution in [1.29, 1.82) is 0 Å². The molecule has 3 nitrogen and oxygen atoms in total. The lowest BCUT2D eigenvalue weighted by Gasteiger charge is -1.79. The molecule has 1 heterocycles. The van der Waals surface area contributed by atoms with Gasteiger partial charge in [0.1, 0.15) is 0 Å². The quantitative estimate of drug-likeness (QED) is 0.774. The number of ether oxygens (including phenoxy) is 1.